The summed E-state index contributed by atoms with van der Waals surface area (Å²) >= 11 is 5.78. The molecule has 0 aliphatic rings. The first-order chi connectivity index (χ1) is 10.7. The third kappa shape index (κ3) is 5.19. The van der Waals surface area contributed by atoms with Gasteiger partial charge in [-0.2, -0.15) is 0 Å². The highest BCUT2D eigenvalue weighted by Gasteiger charge is 2.11. The van der Waals surface area contributed by atoms with Gasteiger partial charge in [-0.25, -0.2) is 0 Å². The lowest BCUT2D eigenvalue weighted by Gasteiger charge is -2.07. The van der Waals surface area contributed by atoms with Gasteiger partial charge in [0.1, 0.15) is 5.75 Å². The highest BCUT2D eigenvalue weighted by Crippen LogP contribution is 2.16. The third-order valence-electron chi connectivity index (χ3n) is 2.97. The molecule has 0 bridgehead atoms. The molecule has 0 radical (unpaired) electrons. The topological polar surface area (TPSA) is 38.7 Å². The number of halogens is 1. The fraction of sp³-hybridized carbons (Fsp3) is 0.111. The molecule has 0 amide bonds. The predicted octanol–water partition coefficient (Wildman–Crippen LogP) is 4.42. The van der Waals surface area contributed by atoms with Crippen LogP contribution in [-0.2, 0) is 4.79 Å². The average molecular weight is 314 g/mol. The summed E-state index contributed by atoms with van der Waals surface area (Å²) < 4.78 is 5.23. The van der Waals surface area contributed by atoms with Crippen molar-refractivity contribution >= 4 is 30.4 Å². The second-order valence-corrected chi connectivity index (χ2v) is 5.09. The molecular weight excluding hydrogens is 298 g/mol. The molecule has 0 saturated heterocycles. The van der Waals surface area contributed by atoms with Gasteiger partial charge >= 0.3 is 5.97 Å². The Morgan fingerprint density at radius 1 is 1.18 bits per heavy atom. The molecule has 1 atom stereocenters. The van der Waals surface area contributed by atoms with E-state index in [1.54, 1.807) is 24.3 Å². The molecule has 0 heterocycles. The Bertz CT molecular complexity index is 651. The van der Waals surface area contributed by atoms with Crippen LogP contribution in [0.2, 0.25) is 5.02 Å². The summed E-state index contributed by atoms with van der Waals surface area (Å²) in [4.78, 5) is 15.8. The first kappa shape index (κ1) is 16.0. The minimum Gasteiger partial charge on any atom is -0.426 e. The molecule has 2 rings (SSSR count). The van der Waals surface area contributed by atoms with Gasteiger partial charge in [-0.05, 0) is 36.5 Å². The summed E-state index contributed by atoms with van der Waals surface area (Å²) in [5, 5.41) is 0.594. The first-order valence-electron chi connectivity index (χ1n) is 6.82. The van der Waals surface area contributed by atoms with Crippen LogP contribution in [0.1, 0.15) is 12.0 Å². The summed E-state index contributed by atoms with van der Waals surface area (Å²) in [6.07, 6.45) is 3.88. The van der Waals surface area contributed by atoms with Gasteiger partial charge in [0.15, 0.2) is 0 Å². The highest BCUT2D eigenvalue weighted by atomic mass is 35.5. The number of esters is 1. The van der Waals surface area contributed by atoms with Crippen LogP contribution in [0.25, 0.3) is 6.08 Å². The lowest BCUT2D eigenvalue weighted by Crippen LogP contribution is -2.15. The van der Waals surface area contributed by atoms with Crippen LogP contribution < -0.4 is 4.74 Å². The van der Waals surface area contributed by atoms with Gasteiger partial charge < -0.3 is 4.74 Å². The van der Waals surface area contributed by atoms with E-state index in [0.717, 1.165) is 5.56 Å². The van der Waals surface area contributed by atoms with Crippen molar-refractivity contribution in [3.63, 3.8) is 0 Å². The number of benzene rings is 2. The molecular formula is C18H16ClNO2. The first-order valence-corrected chi connectivity index (χ1v) is 7.20. The average Bonchev–Trinajstić information content (AvgIpc) is 2.54. The van der Waals surface area contributed by atoms with Gasteiger partial charge in [0, 0.05) is 5.02 Å². The predicted molar refractivity (Wildman–Crippen MR) is 90.5 cm³/mol. The molecule has 2 aromatic carbocycles. The number of aliphatic imine (C=N–C) groups is 1. The number of ether oxygens (including phenoxy) is 1. The highest BCUT2D eigenvalue weighted by molar-refractivity contribution is 6.30. The van der Waals surface area contributed by atoms with Gasteiger partial charge in [-0.1, -0.05) is 54.1 Å². The monoisotopic (exact) mass is 313 g/mol. The molecule has 0 spiro atoms. The molecule has 0 N–H and O–H groups in total. The number of rotatable bonds is 6. The van der Waals surface area contributed by atoms with Crippen molar-refractivity contribution in [2.45, 2.75) is 12.5 Å². The van der Waals surface area contributed by atoms with Gasteiger partial charge in [-0.3, -0.25) is 9.79 Å². The smallest absolute Gasteiger partial charge is 0.313 e. The molecule has 2 aromatic rings. The molecule has 0 fully saturated rings. The maximum Gasteiger partial charge on any atom is 0.313 e. The Labute approximate surface area is 134 Å². The van der Waals surface area contributed by atoms with E-state index < -0.39 is 0 Å². The maximum atomic E-state index is 11.9. The second kappa shape index (κ2) is 8.15. The van der Waals surface area contributed by atoms with E-state index in [4.69, 9.17) is 16.3 Å². The fourth-order valence-corrected chi connectivity index (χ4v) is 1.95. The van der Waals surface area contributed by atoms with Crippen LogP contribution >= 0.6 is 11.6 Å². The Morgan fingerprint density at radius 2 is 1.86 bits per heavy atom. The molecule has 0 saturated carbocycles. The lowest BCUT2D eigenvalue weighted by molar-refractivity contribution is -0.134. The van der Waals surface area contributed by atoms with Crippen LogP contribution in [0.3, 0.4) is 0 Å². The van der Waals surface area contributed by atoms with E-state index in [1.165, 1.54) is 0 Å². The Hall–Kier alpha value is -2.39. The van der Waals surface area contributed by atoms with Crippen LogP contribution in [-0.4, -0.2) is 18.7 Å². The molecule has 3 nitrogen and oxygen atoms in total. The zero-order valence-electron chi connectivity index (χ0n) is 12.0. The molecule has 4 heteroatoms. The normalized spacial score (nSPS) is 12.0. The van der Waals surface area contributed by atoms with E-state index in [1.807, 2.05) is 42.5 Å². The Kier molecular flexibility index (Phi) is 5.92. The molecule has 0 aliphatic heterocycles. The van der Waals surface area contributed by atoms with Crippen molar-refractivity contribution in [3.8, 4) is 5.75 Å². The zero-order valence-corrected chi connectivity index (χ0v) is 12.7. The van der Waals surface area contributed by atoms with E-state index in [0.29, 0.717) is 10.8 Å². The van der Waals surface area contributed by atoms with Gasteiger partial charge in [-0.15, -0.1) is 0 Å². The summed E-state index contributed by atoms with van der Waals surface area (Å²) in [5.41, 5.74) is 1.04. The van der Waals surface area contributed by atoms with Crippen molar-refractivity contribution in [2.24, 2.45) is 4.99 Å². The number of carbonyl (C=O) groups is 1. The molecule has 1 unspecified atom stereocenters. The zero-order chi connectivity index (χ0) is 15.8. The summed E-state index contributed by atoms with van der Waals surface area (Å²) in [6.45, 7) is 3.52. The number of hydrogen-bond donors (Lipinski definition) is 0. The van der Waals surface area contributed by atoms with Crippen LogP contribution in [0.4, 0.5) is 0 Å². The van der Waals surface area contributed by atoms with Crippen molar-refractivity contribution in [3.05, 3.63) is 71.3 Å². The summed E-state index contributed by atoms with van der Waals surface area (Å²) in [5.74, 6) is 0.0988. The maximum absolute atomic E-state index is 11.9. The number of carbonyl (C=O) groups excluding carboxylic acids is 1. The Balaban J connectivity index is 1.92. The standard InChI is InChI=1S/C18H16ClNO2/c1-20-16(10-7-14-5-3-2-4-6-14)13-18(21)22-17-11-8-15(19)9-12-17/h2-12,16H,1,13H2. The van der Waals surface area contributed by atoms with Crippen molar-refractivity contribution in [1.29, 1.82) is 0 Å². The lowest BCUT2D eigenvalue weighted by atomic mass is 10.1. The van der Waals surface area contributed by atoms with Crippen LogP contribution in [0.15, 0.2) is 65.7 Å². The van der Waals surface area contributed by atoms with Crippen molar-refractivity contribution in [2.75, 3.05) is 0 Å². The van der Waals surface area contributed by atoms with Crippen molar-refractivity contribution in [1.82, 2.24) is 0 Å². The van der Waals surface area contributed by atoms with Crippen molar-refractivity contribution < 1.29 is 9.53 Å². The van der Waals surface area contributed by atoms with Gasteiger partial charge in [0.05, 0.1) is 12.5 Å². The van der Waals surface area contributed by atoms with E-state index in [9.17, 15) is 4.79 Å². The third-order valence-corrected chi connectivity index (χ3v) is 3.22. The van der Waals surface area contributed by atoms with E-state index in [2.05, 4.69) is 11.7 Å². The van der Waals surface area contributed by atoms with E-state index in [-0.39, 0.29) is 18.4 Å². The van der Waals surface area contributed by atoms with Crippen LogP contribution in [0, 0.1) is 0 Å². The molecule has 112 valence electrons. The van der Waals surface area contributed by atoms with E-state index >= 15 is 0 Å². The minimum atomic E-state index is -0.363. The second-order valence-electron chi connectivity index (χ2n) is 4.65. The SMILES string of the molecule is C=NC(C=Cc1ccccc1)CC(=O)Oc1ccc(Cl)cc1. The largest absolute Gasteiger partial charge is 0.426 e. The summed E-state index contributed by atoms with van der Waals surface area (Å²) in [6, 6.07) is 16.1. The fourth-order valence-electron chi connectivity index (χ4n) is 1.83. The van der Waals surface area contributed by atoms with Gasteiger partial charge in [0.2, 0.25) is 0 Å². The number of nitrogens with zero attached hydrogens (tertiary/aromatic N) is 1. The Morgan fingerprint density at radius 3 is 2.50 bits per heavy atom. The minimum absolute atomic E-state index is 0.134. The van der Waals surface area contributed by atoms with Gasteiger partial charge in [0.25, 0.3) is 0 Å². The van der Waals surface area contributed by atoms with Crippen LogP contribution in [0.5, 0.6) is 5.75 Å². The summed E-state index contributed by atoms with van der Waals surface area (Å²) in [7, 11) is 0. The quantitative estimate of drug-likeness (QED) is 0.450. The molecule has 0 aromatic heterocycles. The molecule has 22 heavy (non-hydrogen) atoms. The number of hydrogen-bond acceptors (Lipinski definition) is 3. The molecule has 0 aliphatic carbocycles.